The molecule has 0 fully saturated rings. The molecule has 0 saturated carbocycles. The first-order valence-electron chi connectivity index (χ1n) is 9.80. The number of amides is 1. The van der Waals surface area contributed by atoms with Crippen molar-refractivity contribution in [2.45, 2.75) is 25.6 Å². The number of ether oxygens (including phenoxy) is 2. The number of carbonyl (C=O) groups is 2. The molecule has 0 aromatic heterocycles. The van der Waals surface area contributed by atoms with Crippen LogP contribution < -0.4 is 0 Å². The van der Waals surface area contributed by atoms with Gasteiger partial charge in [0, 0.05) is 13.0 Å². The minimum Gasteiger partial charge on any atom is -0.467 e. The van der Waals surface area contributed by atoms with Crippen molar-refractivity contribution in [2.75, 3.05) is 7.11 Å². The Labute approximate surface area is 176 Å². The van der Waals surface area contributed by atoms with Crippen LogP contribution in [0.25, 0.3) is 0 Å². The van der Waals surface area contributed by atoms with Crippen LogP contribution in [-0.2, 0) is 33.8 Å². The monoisotopic (exact) mass is 403 g/mol. The molecular formula is C25H25NO4. The quantitative estimate of drug-likeness (QED) is 0.516. The lowest BCUT2D eigenvalue weighted by Crippen LogP contribution is -2.46. The molecule has 5 heteroatoms. The Morgan fingerprint density at radius 1 is 0.767 bits per heavy atom. The zero-order valence-corrected chi connectivity index (χ0v) is 16.9. The molecule has 0 saturated heterocycles. The minimum atomic E-state index is -0.805. The number of rotatable bonds is 8. The Hall–Kier alpha value is -3.60. The average molecular weight is 403 g/mol. The summed E-state index contributed by atoms with van der Waals surface area (Å²) in [6.45, 7) is 0.366. The van der Waals surface area contributed by atoms with Gasteiger partial charge in [-0.2, -0.15) is 0 Å². The van der Waals surface area contributed by atoms with Crippen molar-refractivity contribution in [1.29, 1.82) is 0 Å². The lowest BCUT2D eigenvalue weighted by molar-refractivity contribution is -0.146. The molecule has 0 radical (unpaired) electrons. The van der Waals surface area contributed by atoms with E-state index in [-0.39, 0.29) is 13.2 Å². The van der Waals surface area contributed by atoms with Crippen molar-refractivity contribution >= 4 is 12.1 Å². The summed E-state index contributed by atoms with van der Waals surface area (Å²) in [6.07, 6.45) is -0.227. The molecule has 0 heterocycles. The summed E-state index contributed by atoms with van der Waals surface area (Å²) in [5, 5.41) is 0. The number of benzene rings is 3. The highest BCUT2D eigenvalue weighted by atomic mass is 16.6. The molecule has 30 heavy (non-hydrogen) atoms. The number of nitrogens with zero attached hydrogens (tertiary/aromatic N) is 1. The van der Waals surface area contributed by atoms with Gasteiger partial charge in [-0.15, -0.1) is 0 Å². The third-order valence-electron chi connectivity index (χ3n) is 4.76. The zero-order chi connectivity index (χ0) is 21.2. The largest absolute Gasteiger partial charge is 0.467 e. The first kappa shape index (κ1) is 21.1. The number of esters is 1. The third kappa shape index (κ3) is 5.95. The van der Waals surface area contributed by atoms with Crippen molar-refractivity contribution in [3.63, 3.8) is 0 Å². The molecule has 3 aromatic rings. The minimum absolute atomic E-state index is 0.129. The topological polar surface area (TPSA) is 55.8 Å². The van der Waals surface area contributed by atoms with Crippen molar-refractivity contribution < 1.29 is 19.1 Å². The summed E-state index contributed by atoms with van der Waals surface area (Å²) in [4.78, 5) is 27.2. The van der Waals surface area contributed by atoms with Crippen LogP contribution >= 0.6 is 0 Å². The maximum Gasteiger partial charge on any atom is 0.411 e. The van der Waals surface area contributed by atoms with Crippen molar-refractivity contribution in [3.05, 3.63) is 108 Å². The second-order valence-electron chi connectivity index (χ2n) is 6.88. The summed E-state index contributed by atoms with van der Waals surface area (Å²) in [7, 11) is 1.33. The summed E-state index contributed by atoms with van der Waals surface area (Å²) < 4.78 is 10.6. The molecule has 0 N–H and O–H groups in total. The van der Waals surface area contributed by atoms with Crippen molar-refractivity contribution in [2.24, 2.45) is 0 Å². The highest BCUT2D eigenvalue weighted by Crippen LogP contribution is 2.17. The van der Waals surface area contributed by atoms with Crippen LogP contribution in [0.1, 0.15) is 16.7 Å². The van der Waals surface area contributed by atoms with Gasteiger partial charge < -0.3 is 9.47 Å². The van der Waals surface area contributed by atoms with E-state index in [0.717, 1.165) is 16.7 Å². The van der Waals surface area contributed by atoms with E-state index in [1.54, 1.807) is 0 Å². The zero-order valence-electron chi connectivity index (χ0n) is 16.9. The van der Waals surface area contributed by atoms with Gasteiger partial charge in [-0.05, 0) is 16.7 Å². The number of methoxy groups -OCH3 is 1. The fourth-order valence-corrected chi connectivity index (χ4v) is 3.18. The number of carbonyl (C=O) groups excluding carboxylic acids is 2. The van der Waals surface area contributed by atoms with E-state index in [4.69, 9.17) is 9.47 Å². The van der Waals surface area contributed by atoms with Crippen molar-refractivity contribution in [1.82, 2.24) is 4.90 Å². The predicted octanol–water partition coefficient (Wildman–Crippen LogP) is 4.61. The van der Waals surface area contributed by atoms with E-state index in [0.29, 0.717) is 6.42 Å². The van der Waals surface area contributed by atoms with E-state index < -0.39 is 18.1 Å². The first-order valence-corrected chi connectivity index (χ1v) is 9.80. The Kier molecular flexibility index (Phi) is 7.61. The Balaban J connectivity index is 1.84. The van der Waals surface area contributed by atoms with Gasteiger partial charge in [0.05, 0.1) is 7.11 Å². The SMILES string of the molecule is COC(=O)[C@H](Cc1ccccc1)N(Cc1ccccc1)C(=O)OCc1ccccc1. The fourth-order valence-electron chi connectivity index (χ4n) is 3.18. The molecular weight excluding hydrogens is 378 g/mol. The molecule has 5 nitrogen and oxygen atoms in total. The van der Waals surface area contributed by atoms with Gasteiger partial charge in [-0.3, -0.25) is 4.90 Å². The standard InChI is InChI=1S/C25H25NO4/c1-29-24(27)23(17-20-11-5-2-6-12-20)26(18-21-13-7-3-8-14-21)25(28)30-19-22-15-9-4-10-16-22/h2-16,23H,17-19H2,1H3/t23-/m0/s1. The van der Waals surface area contributed by atoms with E-state index in [1.165, 1.54) is 12.0 Å². The normalized spacial score (nSPS) is 11.4. The molecule has 0 aliphatic heterocycles. The number of hydrogen-bond acceptors (Lipinski definition) is 4. The fraction of sp³-hybridized carbons (Fsp3) is 0.200. The van der Waals surface area contributed by atoms with Crippen LogP contribution in [-0.4, -0.2) is 30.1 Å². The Morgan fingerprint density at radius 2 is 1.27 bits per heavy atom. The smallest absolute Gasteiger partial charge is 0.411 e. The van der Waals surface area contributed by atoms with Gasteiger partial charge in [0.1, 0.15) is 12.6 Å². The second-order valence-corrected chi connectivity index (χ2v) is 6.88. The van der Waals surface area contributed by atoms with Crippen LogP contribution in [0.3, 0.4) is 0 Å². The van der Waals surface area contributed by atoms with Gasteiger partial charge in [-0.25, -0.2) is 9.59 Å². The van der Waals surface area contributed by atoms with E-state index >= 15 is 0 Å². The Bertz CT molecular complexity index is 929. The Morgan fingerprint density at radius 3 is 1.80 bits per heavy atom. The maximum atomic E-state index is 13.1. The molecule has 1 amide bonds. The van der Waals surface area contributed by atoms with E-state index in [2.05, 4.69) is 0 Å². The van der Waals surface area contributed by atoms with Gasteiger partial charge in [0.15, 0.2) is 0 Å². The second kappa shape index (κ2) is 10.8. The lowest BCUT2D eigenvalue weighted by Gasteiger charge is -2.29. The molecule has 3 aromatic carbocycles. The summed E-state index contributed by atoms with van der Waals surface area (Å²) in [6, 6.07) is 27.7. The van der Waals surface area contributed by atoms with E-state index in [9.17, 15) is 9.59 Å². The summed E-state index contributed by atoms with van der Waals surface area (Å²) in [5.41, 5.74) is 2.71. The van der Waals surface area contributed by atoms with Gasteiger partial charge in [0.25, 0.3) is 0 Å². The van der Waals surface area contributed by atoms with E-state index in [1.807, 2.05) is 91.0 Å². The van der Waals surface area contributed by atoms with Crippen LogP contribution in [0, 0.1) is 0 Å². The van der Waals surface area contributed by atoms with Gasteiger partial charge in [0.2, 0.25) is 0 Å². The highest BCUT2D eigenvalue weighted by molar-refractivity contribution is 5.81. The third-order valence-corrected chi connectivity index (χ3v) is 4.76. The predicted molar refractivity (Wildman–Crippen MR) is 115 cm³/mol. The molecule has 0 aliphatic rings. The lowest BCUT2D eigenvalue weighted by atomic mass is 10.0. The maximum absolute atomic E-state index is 13.1. The van der Waals surface area contributed by atoms with Gasteiger partial charge in [-0.1, -0.05) is 91.0 Å². The first-order chi connectivity index (χ1) is 14.7. The molecule has 154 valence electrons. The van der Waals surface area contributed by atoms with Crippen LogP contribution in [0.4, 0.5) is 4.79 Å². The molecule has 0 spiro atoms. The molecule has 0 bridgehead atoms. The molecule has 0 unspecified atom stereocenters. The van der Waals surface area contributed by atoms with Crippen molar-refractivity contribution in [3.8, 4) is 0 Å². The van der Waals surface area contributed by atoms with Gasteiger partial charge >= 0.3 is 12.1 Å². The molecule has 1 atom stereocenters. The average Bonchev–Trinajstić information content (AvgIpc) is 2.81. The molecule has 3 rings (SSSR count). The van der Waals surface area contributed by atoms with Crippen LogP contribution in [0.15, 0.2) is 91.0 Å². The molecule has 0 aliphatic carbocycles. The summed E-state index contributed by atoms with van der Waals surface area (Å²) in [5.74, 6) is -0.480. The number of hydrogen-bond donors (Lipinski definition) is 0. The van der Waals surface area contributed by atoms with Crippen LogP contribution in [0.2, 0.25) is 0 Å². The summed E-state index contributed by atoms with van der Waals surface area (Å²) >= 11 is 0. The highest BCUT2D eigenvalue weighted by Gasteiger charge is 2.32. The van der Waals surface area contributed by atoms with Crippen LogP contribution in [0.5, 0.6) is 0 Å².